The average molecular weight is 269 g/mol. The van der Waals surface area contributed by atoms with Crippen molar-refractivity contribution in [2.75, 3.05) is 6.54 Å². The number of nitrogens with one attached hydrogen (secondary N) is 1. The van der Waals surface area contributed by atoms with Crippen LogP contribution in [0.5, 0.6) is 5.88 Å². The zero-order valence-electron chi connectivity index (χ0n) is 10.9. The van der Waals surface area contributed by atoms with E-state index in [1.54, 1.807) is 0 Å². The fourth-order valence-corrected chi connectivity index (χ4v) is 2.39. The van der Waals surface area contributed by atoms with E-state index in [-0.39, 0.29) is 0 Å². The second kappa shape index (κ2) is 6.95. The minimum atomic E-state index is 0.343. The lowest BCUT2D eigenvalue weighted by Gasteiger charge is -2.13. The van der Waals surface area contributed by atoms with Gasteiger partial charge in [0.2, 0.25) is 5.88 Å². The van der Waals surface area contributed by atoms with Gasteiger partial charge in [0, 0.05) is 12.6 Å². The molecule has 1 aromatic heterocycles. The van der Waals surface area contributed by atoms with E-state index in [9.17, 15) is 0 Å². The van der Waals surface area contributed by atoms with Gasteiger partial charge in [0.15, 0.2) is 0 Å². The van der Waals surface area contributed by atoms with Crippen LogP contribution in [0.3, 0.4) is 0 Å². The molecule has 1 N–H and O–H groups in total. The predicted molar refractivity (Wildman–Crippen MR) is 74.1 cm³/mol. The molecule has 1 fully saturated rings. The zero-order chi connectivity index (χ0) is 12.8. The Morgan fingerprint density at radius 3 is 2.89 bits per heavy atom. The van der Waals surface area contributed by atoms with Gasteiger partial charge < -0.3 is 10.1 Å². The maximum absolute atomic E-state index is 6.13. The van der Waals surface area contributed by atoms with Crippen LogP contribution in [-0.2, 0) is 6.54 Å². The summed E-state index contributed by atoms with van der Waals surface area (Å²) in [5, 5.41) is 4.02. The Balaban J connectivity index is 1.96. The van der Waals surface area contributed by atoms with Crippen LogP contribution >= 0.6 is 11.6 Å². The molecular weight excluding hydrogens is 248 g/mol. The van der Waals surface area contributed by atoms with Gasteiger partial charge in [-0.1, -0.05) is 18.5 Å². The summed E-state index contributed by atoms with van der Waals surface area (Å²) in [6.07, 6.45) is 6.28. The summed E-state index contributed by atoms with van der Waals surface area (Å²) in [5.41, 5.74) is 0.876. The first-order chi connectivity index (χ1) is 8.79. The number of halogens is 1. The molecule has 0 bridgehead atoms. The Labute approximate surface area is 114 Å². The van der Waals surface area contributed by atoms with Crippen molar-refractivity contribution in [3.8, 4) is 5.88 Å². The standard InChI is InChI=1S/C14H21ClN2O/c1-2-9-16-10-13-12(15)7-8-14(17-13)18-11-5-3-4-6-11/h7-8,11,16H,2-6,9-10H2,1H3. The molecule has 1 heterocycles. The molecule has 0 unspecified atom stereocenters. The lowest BCUT2D eigenvalue weighted by Crippen LogP contribution is -2.16. The quantitative estimate of drug-likeness (QED) is 0.801. The highest BCUT2D eigenvalue weighted by molar-refractivity contribution is 6.31. The van der Waals surface area contributed by atoms with Crippen molar-refractivity contribution in [3.63, 3.8) is 0 Å². The smallest absolute Gasteiger partial charge is 0.213 e. The minimum Gasteiger partial charge on any atom is -0.474 e. The number of ether oxygens (including phenoxy) is 1. The molecule has 100 valence electrons. The van der Waals surface area contributed by atoms with E-state index in [2.05, 4.69) is 17.2 Å². The molecule has 0 atom stereocenters. The molecule has 4 heteroatoms. The Morgan fingerprint density at radius 2 is 2.17 bits per heavy atom. The number of nitrogens with zero attached hydrogens (tertiary/aromatic N) is 1. The van der Waals surface area contributed by atoms with E-state index < -0.39 is 0 Å². The molecule has 1 aliphatic rings. The second-order valence-electron chi connectivity index (χ2n) is 4.78. The van der Waals surface area contributed by atoms with Crippen molar-refractivity contribution in [3.05, 3.63) is 22.8 Å². The van der Waals surface area contributed by atoms with Crippen LogP contribution in [0.1, 0.15) is 44.7 Å². The maximum atomic E-state index is 6.13. The van der Waals surface area contributed by atoms with E-state index >= 15 is 0 Å². The summed E-state index contributed by atoms with van der Waals surface area (Å²) in [6.45, 7) is 3.82. The Hall–Kier alpha value is -0.800. The lowest BCUT2D eigenvalue weighted by molar-refractivity contribution is 0.201. The Morgan fingerprint density at radius 1 is 1.39 bits per heavy atom. The molecule has 0 spiro atoms. The Bertz CT molecular complexity index is 378. The van der Waals surface area contributed by atoms with Crippen molar-refractivity contribution in [2.24, 2.45) is 0 Å². The van der Waals surface area contributed by atoms with Gasteiger partial charge in [-0.15, -0.1) is 0 Å². The fraction of sp³-hybridized carbons (Fsp3) is 0.643. The molecule has 1 aliphatic carbocycles. The number of aromatic nitrogens is 1. The first-order valence-electron chi connectivity index (χ1n) is 6.82. The molecule has 0 amide bonds. The van der Waals surface area contributed by atoms with Crippen molar-refractivity contribution in [2.45, 2.75) is 51.7 Å². The molecule has 3 nitrogen and oxygen atoms in total. The summed E-state index contributed by atoms with van der Waals surface area (Å²) >= 11 is 6.13. The molecule has 0 aliphatic heterocycles. The highest BCUT2D eigenvalue weighted by Gasteiger charge is 2.17. The molecule has 2 rings (SSSR count). The minimum absolute atomic E-state index is 0.343. The average Bonchev–Trinajstić information content (AvgIpc) is 2.86. The predicted octanol–water partition coefficient (Wildman–Crippen LogP) is 3.56. The highest BCUT2D eigenvalue weighted by Crippen LogP contribution is 2.24. The first-order valence-corrected chi connectivity index (χ1v) is 7.20. The molecule has 0 aromatic carbocycles. The van der Waals surface area contributed by atoms with Gasteiger partial charge in [0.25, 0.3) is 0 Å². The monoisotopic (exact) mass is 268 g/mol. The van der Waals surface area contributed by atoms with Crippen LogP contribution in [0.4, 0.5) is 0 Å². The van der Waals surface area contributed by atoms with Crippen LogP contribution in [0.25, 0.3) is 0 Å². The SMILES string of the molecule is CCCNCc1nc(OC2CCCC2)ccc1Cl. The summed E-state index contributed by atoms with van der Waals surface area (Å²) in [5.74, 6) is 0.708. The van der Waals surface area contributed by atoms with Crippen LogP contribution in [0, 0.1) is 0 Å². The number of pyridine rings is 1. The summed E-state index contributed by atoms with van der Waals surface area (Å²) < 4.78 is 5.88. The van der Waals surface area contributed by atoms with Gasteiger partial charge in [0.1, 0.15) is 6.10 Å². The van der Waals surface area contributed by atoms with Crippen LogP contribution in [-0.4, -0.2) is 17.6 Å². The van der Waals surface area contributed by atoms with Gasteiger partial charge in [0.05, 0.1) is 10.7 Å². The number of hydrogen-bond donors (Lipinski definition) is 1. The first kappa shape index (κ1) is 13.6. The van der Waals surface area contributed by atoms with Crippen LogP contribution in [0.2, 0.25) is 5.02 Å². The van der Waals surface area contributed by atoms with Gasteiger partial charge in [-0.2, -0.15) is 0 Å². The lowest BCUT2D eigenvalue weighted by atomic mass is 10.3. The third kappa shape index (κ3) is 3.85. The topological polar surface area (TPSA) is 34.2 Å². The van der Waals surface area contributed by atoms with Crippen LogP contribution in [0.15, 0.2) is 12.1 Å². The van der Waals surface area contributed by atoms with Crippen molar-refractivity contribution < 1.29 is 4.74 Å². The number of rotatable bonds is 6. The molecule has 0 radical (unpaired) electrons. The van der Waals surface area contributed by atoms with Gasteiger partial charge in [-0.3, -0.25) is 0 Å². The third-order valence-electron chi connectivity index (χ3n) is 3.20. The number of hydrogen-bond acceptors (Lipinski definition) is 3. The van der Waals surface area contributed by atoms with E-state index in [4.69, 9.17) is 16.3 Å². The summed E-state index contributed by atoms with van der Waals surface area (Å²) in [6, 6.07) is 3.74. The molecule has 18 heavy (non-hydrogen) atoms. The van der Waals surface area contributed by atoms with Gasteiger partial charge >= 0.3 is 0 Å². The fourth-order valence-electron chi connectivity index (χ4n) is 2.21. The summed E-state index contributed by atoms with van der Waals surface area (Å²) in [4.78, 5) is 4.49. The highest BCUT2D eigenvalue weighted by atomic mass is 35.5. The molecule has 0 saturated heterocycles. The third-order valence-corrected chi connectivity index (χ3v) is 3.55. The largest absolute Gasteiger partial charge is 0.474 e. The van der Waals surface area contributed by atoms with Crippen LogP contribution < -0.4 is 10.1 Å². The van der Waals surface area contributed by atoms with Gasteiger partial charge in [-0.05, 0) is 44.7 Å². The van der Waals surface area contributed by atoms with Crippen molar-refractivity contribution in [1.29, 1.82) is 0 Å². The van der Waals surface area contributed by atoms with E-state index in [1.807, 2.05) is 12.1 Å². The normalized spacial score (nSPS) is 16.1. The Kier molecular flexibility index (Phi) is 5.26. The zero-order valence-corrected chi connectivity index (χ0v) is 11.7. The van der Waals surface area contributed by atoms with Crippen molar-refractivity contribution >= 4 is 11.6 Å². The van der Waals surface area contributed by atoms with Gasteiger partial charge in [-0.25, -0.2) is 4.98 Å². The maximum Gasteiger partial charge on any atom is 0.213 e. The van der Waals surface area contributed by atoms with E-state index in [0.717, 1.165) is 31.5 Å². The summed E-state index contributed by atoms with van der Waals surface area (Å²) in [7, 11) is 0. The second-order valence-corrected chi connectivity index (χ2v) is 5.19. The molecule has 1 saturated carbocycles. The molecular formula is C14H21ClN2O. The molecule has 1 aromatic rings. The van der Waals surface area contributed by atoms with E-state index in [0.29, 0.717) is 23.6 Å². The van der Waals surface area contributed by atoms with E-state index in [1.165, 1.54) is 12.8 Å². The van der Waals surface area contributed by atoms with Crippen molar-refractivity contribution in [1.82, 2.24) is 10.3 Å².